The summed E-state index contributed by atoms with van der Waals surface area (Å²) < 4.78 is 5.50. The van der Waals surface area contributed by atoms with Crippen LogP contribution in [0.4, 0.5) is 5.69 Å². The van der Waals surface area contributed by atoms with Crippen molar-refractivity contribution < 1.29 is 14.3 Å². The molecule has 144 valence electrons. The highest BCUT2D eigenvalue weighted by molar-refractivity contribution is 6.32. The van der Waals surface area contributed by atoms with E-state index in [2.05, 4.69) is 5.32 Å². The maximum absolute atomic E-state index is 12.3. The lowest BCUT2D eigenvalue weighted by Crippen LogP contribution is -2.34. The molecule has 6 nitrogen and oxygen atoms in total. The van der Waals surface area contributed by atoms with Crippen LogP contribution in [0.5, 0.6) is 5.75 Å². The van der Waals surface area contributed by atoms with Crippen molar-refractivity contribution in [1.82, 2.24) is 4.90 Å². The Morgan fingerprint density at radius 3 is 2.41 bits per heavy atom. The normalized spacial score (nSPS) is 11.6. The van der Waals surface area contributed by atoms with E-state index in [1.165, 1.54) is 0 Å². The van der Waals surface area contributed by atoms with Gasteiger partial charge in [-0.1, -0.05) is 41.9 Å². The van der Waals surface area contributed by atoms with E-state index in [9.17, 15) is 9.59 Å². The third kappa shape index (κ3) is 5.70. The van der Waals surface area contributed by atoms with Crippen LogP contribution in [-0.2, 0) is 9.59 Å². The molecule has 7 heteroatoms. The Labute approximate surface area is 164 Å². The van der Waals surface area contributed by atoms with Gasteiger partial charge in [0.2, 0.25) is 5.91 Å². The maximum Gasteiger partial charge on any atom is 0.260 e. The minimum absolute atomic E-state index is 0.0913. The van der Waals surface area contributed by atoms with Gasteiger partial charge < -0.3 is 20.7 Å². The number of rotatable bonds is 8. The van der Waals surface area contributed by atoms with Crippen molar-refractivity contribution in [3.63, 3.8) is 0 Å². The summed E-state index contributed by atoms with van der Waals surface area (Å²) in [5.74, 6) is -0.0764. The minimum Gasteiger partial charge on any atom is -0.482 e. The van der Waals surface area contributed by atoms with Gasteiger partial charge in [0.15, 0.2) is 6.61 Å². The van der Waals surface area contributed by atoms with Crippen LogP contribution in [0.15, 0.2) is 48.5 Å². The van der Waals surface area contributed by atoms with E-state index in [1.807, 2.05) is 32.0 Å². The van der Waals surface area contributed by atoms with E-state index >= 15 is 0 Å². The number of nitrogens with two attached hydrogens (primary N) is 1. The van der Waals surface area contributed by atoms with Gasteiger partial charge in [0.05, 0.1) is 5.02 Å². The standard InChI is InChI=1S/C20H24ClN3O3/c1-3-24(4-2)18(25)13-27-17-11-10-15(12-16(17)21)23-20(26)19(22)14-8-6-5-7-9-14/h5-12,19H,3-4,13,22H2,1-2H3,(H,23,26). The van der Waals surface area contributed by atoms with Crippen molar-refractivity contribution in [2.24, 2.45) is 5.73 Å². The van der Waals surface area contributed by atoms with E-state index in [0.29, 0.717) is 29.5 Å². The molecule has 0 aliphatic rings. The number of anilines is 1. The molecule has 0 radical (unpaired) electrons. The van der Waals surface area contributed by atoms with Crippen LogP contribution < -0.4 is 15.8 Å². The Morgan fingerprint density at radius 1 is 1.15 bits per heavy atom. The van der Waals surface area contributed by atoms with Gasteiger partial charge in [-0.15, -0.1) is 0 Å². The van der Waals surface area contributed by atoms with Gasteiger partial charge in [0, 0.05) is 18.8 Å². The summed E-state index contributed by atoms with van der Waals surface area (Å²) in [4.78, 5) is 26.0. The van der Waals surface area contributed by atoms with E-state index in [0.717, 1.165) is 5.56 Å². The van der Waals surface area contributed by atoms with E-state index < -0.39 is 6.04 Å². The minimum atomic E-state index is -0.785. The van der Waals surface area contributed by atoms with Gasteiger partial charge in [-0.3, -0.25) is 9.59 Å². The molecule has 0 fully saturated rings. The zero-order valence-corrected chi connectivity index (χ0v) is 16.2. The molecule has 2 aromatic rings. The highest BCUT2D eigenvalue weighted by atomic mass is 35.5. The molecule has 0 aliphatic carbocycles. The molecule has 0 saturated carbocycles. The Kier molecular flexibility index (Phi) is 7.64. The number of hydrogen-bond donors (Lipinski definition) is 2. The molecule has 1 unspecified atom stereocenters. The van der Waals surface area contributed by atoms with Crippen LogP contribution in [0.2, 0.25) is 5.02 Å². The Bertz CT molecular complexity index is 779. The van der Waals surface area contributed by atoms with Crippen molar-refractivity contribution >= 4 is 29.1 Å². The Morgan fingerprint density at radius 2 is 1.81 bits per heavy atom. The molecule has 2 aromatic carbocycles. The number of carbonyl (C=O) groups excluding carboxylic acids is 2. The lowest BCUT2D eigenvalue weighted by molar-refractivity contribution is -0.133. The molecular weight excluding hydrogens is 366 g/mol. The number of benzene rings is 2. The van der Waals surface area contributed by atoms with Gasteiger partial charge in [0.25, 0.3) is 5.91 Å². The molecule has 3 N–H and O–H groups in total. The number of nitrogens with zero attached hydrogens (tertiary/aromatic N) is 1. The number of ether oxygens (including phenoxy) is 1. The number of amides is 2. The number of carbonyl (C=O) groups is 2. The molecule has 2 rings (SSSR count). The lowest BCUT2D eigenvalue weighted by atomic mass is 10.1. The molecule has 0 bridgehead atoms. The van der Waals surface area contributed by atoms with E-state index in [1.54, 1.807) is 35.2 Å². The molecular formula is C20H24ClN3O3. The quantitative estimate of drug-likeness (QED) is 0.725. The Balaban J connectivity index is 1.98. The monoisotopic (exact) mass is 389 g/mol. The molecule has 0 aromatic heterocycles. The molecule has 2 amide bonds. The first kappa shape index (κ1) is 20.7. The first-order valence-corrected chi connectivity index (χ1v) is 9.15. The predicted octanol–water partition coefficient (Wildman–Crippen LogP) is 3.23. The Hall–Kier alpha value is -2.57. The fourth-order valence-corrected chi connectivity index (χ4v) is 2.77. The first-order valence-electron chi connectivity index (χ1n) is 8.77. The number of hydrogen-bond acceptors (Lipinski definition) is 4. The fraction of sp³-hybridized carbons (Fsp3) is 0.300. The summed E-state index contributed by atoms with van der Waals surface area (Å²) in [5, 5.41) is 3.03. The molecule has 0 spiro atoms. The lowest BCUT2D eigenvalue weighted by Gasteiger charge is -2.19. The third-order valence-electron chi connectivity index (χ3n) is 4.11. The molecule has 0 aliphatic heterocycles. The van der Waals surface area contributed by atoms with Crippen molar-refractivity contribution in [3.05, 3.63) is 59.1 Å². The topological polar surface area (TPSA) is 84.7 Å². The van der Waals surface area contributed by atoms with Gasteiger partial charge in [-0.2, -0.15) is 0 Å². The summed E-state index contributed by atoms with van der Waals surface area (Å²) in [6.07, 6.45) is 0. The highest BCUT2D eigenvalue weighted by Gasteiger charge is 2.16. The van der Waals surface area contributed by atoms with Crippen LogP contribution in [0.1, 0.15) is 25.5 Å². The van der Waals surface area contributed by atoms with Crippen molar-refractivity contribution in [2.75, 3.05) is 25.0 Å². The third-order valence-corrected chi connectivity index (χ3v) is 4.40. The fourth-order valence-electron chi connectivity index (χ4n) is 2.53. The molecule has 0 saturated heterocycles. The van der Waals surface area contributed by atoms with Crippen LogP contribution >= 0.6 is 11.6 Å². The number of halogens is 1. The zero-order valence-electron chi connectivity index (χ0n) is 15.4. The number of likely N-dealkylation sites (N-methyl/N-ethyl adjacent to an activating group) is 1. The maximum atomic E-state index is 12.3. The highest BCUT2D eigenvalue weighted by Crippen LogP contribution is 2.28. The first-order chi connectivity index (χ1) is 13.0. The average Bonchev–Trinajstić information content (AvgIpc) is 2.68. The summed E-state index contributed by atoms with van der Waals surface area (Å²) in [5.41, 5.74) is 7.20. The van der Waals surface area contributed by atoms with Gasteiger partial charge in [-0.25, -0.2) is 0 Å². The summed E-state index contributed by atoms with van der Waals surface area (Å²) in [6.45, 7) is 4.97. The largest absolute Gasteiger partial charge is 0.482 e. The second-order valence-corrected chi connectivity index (χ2v) is 6.28. The van der Waals surface area contributed by atoms with Gasteiger partial charge in [0.1, 0.15) is 11.8 Å². The smallest absolute Gasteiger partial charge is 0.260 e. The van der Waals surface area contributed by atoms with Crippen molar-refractivity contribution in [1.29, 1.82) is 0 Å². The second kappa shape index (κ2) is 9.94. The van der Waals surface area contributed by atoms with E-state index in [4.69, 9.17) is 22.1 Å². The predicted molar refractivity (Wildman–Crippen MR) is 107 cm³/mol. The van der Waals surface area contributed by atoms with Gasteiger partial charge >= 0.3 is 0 Å². The van der Waals surface area contributed by atoms with Crippen LogP contribution in [0.3, 0.4) is 0 Å². The van der Waals surface area contributed by atoms with E-state index in [-0.39, 0.29) is 18.4 Å². The second-order valence-electron chi connectivity index (χ2n) is 5.88. The summed E-state index contributed by atoms with van der Waals surface area (Å²) >= 11 is 6.21. The van der Waals surface area contributed by atoms with Crippen LogP contribution in [0.25, 0.3) is 0 Å². The van der Waals surface area contributed by atoms with Crippen LogP contribution in [0, 0.1) is 0 Å². The summed E-state index contributed by atoms with van der Waals surface area (Å²) in [6, 6.07) is 13.1. The SMILES string of the molecule is CCN(CC)C(=O)COc1ccc(NC(=O)C(N)c2ccccc2)cc1Cl. The summed E-state index contributed by atoms with van der Waals surface area (Å²) in [7, 11) is 0. The van der Waals surface area contributed by atoms with Gasteiger partial charge in [-0.05, 0) is 37.6 Å². The van der Waals surface area contributed by atoms with Crippen LogP contribution in [-0.4, -0.2) is 36.4 Å². The number of nitrogens with one attached hydrogen (secondary N) is 1. The molecule has 1 atom stereocenters. The zero-order chi connectivity index (χ0) is 19.8. The molecule has 0 heterocycles. The van der Waals surface area contributed by atoms with Crippen molar-refractivity contribution in [2.45, 2.75) is 19.9 Å². The average molecular weight is 390 g/mol. The molecule has 27 heavy (non-hydrogen) atoms. The van der Waals surface area contributed by atoms with Crippen molar-refractivity contribution in [3.8, 4) is 5.75 Å².